The number of hydrogen-bond donors (Lipinski definition) is 0. The van der Waals surface area contributed by atoms with Gasteiger partial charge in [0.15, 0.2) is 0 Å². The van der Waals surface area contributed by atoms with Crippen molar-refractivity contribution in [2.75, 3.05) is 0 Å². The molecule has 0 saturated carbocycles. The third kappa shape index (κ3) is 2.67. The van der Waals surface area contributed by atoms with E-state index < -0.39 is 5.97 Å². The van der Waals surface area contributed by atoms with E-state index in [0.717, 1.165) is 16.3 Å². The predicted molar refractivity (Wildman–Crippen MR) is 77.3 cm³/mol. The van der Waals surface area contributed by atoms with Gasteiger partial charge in [0.25, 0.3) is 0 Å². The average Bonchev–Trinajstić information content (AvgIpc) is 2.53. The smallest absolute Gasteiger partial charge is 0.357 e. The molecule has 0 aliphatic rings. The molecule has 20 heavy (non-hydrogen) atoms. The van der Waals surface area contributed by atoms with Crippen molar-refractivity contribution in [3.05, 3.63) is 78.1 Å². The lowest BCUT2D eigenvalue weighted by molar-refractivity contribution is 0.0466. The van der Waals surface area contributed by atoms with Gasteiger partial charge in [0, 0.05) is 11.6 Å². The number of fused-ring (bicyclic) bond motifs is 1. The Bertz CT molecular complexity index is 738. The molecule has 98 valence electrons. The molecule has 0 atom stereocenters. The highest BCUT2D eigenvalue weighted by molar-refractivity contribution is 5.92. The minimum atomic E-state index is -0.403. The van der Waals surface area contributed by atoms with Crippen LogP contribution in [-0.4, -0.2) is 11.0 Å². The van der Waals surface area contributed by atoms with Crippen LogP contribution in [0, 0.1) is 0 Å². The quantitative estimate of drug-likeness (QED) is 0.678. The van der Waals surface area contributed by atoms with E-state index in [-0.39, 0.29) is 6.61 Å². The van der Waals surface area contributed by atoms with Crippen LogP contribution in [0.3, 0.4) is 0 Å². The van der Waals surface area contributed by atoms with E-state index >= 15 is 0 Å². The number of carbonyl (C=O) groups is 1. The van der Waals surface area contributed by atoms with Crippen LogP contribution >= 0.6 is 0 Å². The molecule has 0 aliphatic carbocycles. The number of benzene rings is 2. The maximum Gasteiger partial charge on any atom is 0.357 e. The van der Waals surface area contributed by atoms with E-state index in [1.54, 1.807) is 12.3 Å². The van der Waals surface area contributed by atoms with Crippen molar-refractivity contribution in [3.63, 3.8) is 0 Å². The standard InChI is InChI=1S/C17H13NO2/c19-17(20-12-13-6-2-1-3-7-13)16-10-14-8-4-5-9-15(14)11-18-16/h1-11H,12H2. The fourth-order valence-corrected chi connectivity index (χ4v) is 1.99. The fraction of sp³-hybridized carbons (Fsp3) is 0.0588. The zero-order valence-electron chi connectivity index (χ0n) is 10.8. The van der Waals surface area contributed by atoms with Crippen LogP contribution < -0.4 is 0 Å². The van der Waals surface area contributed by atoms with Crippen LogP contribution in [-0.2, 0) is 11.3 Å². The van der Waals surface area contributed by atoms with Crippen LogP contribution in [0.5, 0.6) is 0 Å². The highest BCUT2D eigenvalue weighted by Crippen LogP contribution is 2.14. The summed E-state index contributed by atoms with van der Waals surface area (Å²) in [6.07, 6.45) is 1.69. The third-order valence-electron chi connectivity index (χ3n) is 3.05. The number of ether oxygens (including phenoxy) is 1. The van der Waals surface area contributed by atoms with Crippen molar-refractivity contribution in [1.29, 1.82) is 0 Å². The lowest BCUT2D eigenvalue weighted by Gasteiger charge is -2.05. The van der Waals surface area contributed by atoms with Gasteiger partial charge >= 0.3 is 5.97 Å². The molecule has 0 amide bonds. The van der Waals surface area contributed by atoms with E-state index in [4.69, 9.17) is 4.74 Å². The molecule has 3 aromatic rings. The maximum absolute atomic E-state index is 12.0. The Morgan fingerprint density at radius 2 is 1.65 bits per heavy atom. The second-order valence-electron chi connectivity index (χ2n) is 4.48. The van der Waals surface area contributed by atoms with Gasteiger partial charge in [0.1, 0.15) is 12.3 Å². The lowest BCUT2D eigenvalue weighted by atomic mass is 10.1. The lowest BCUT2D eigenvalue weighted by Crippen LogP contribution is -2.07. The first-order valence-electron chi connectivity index (χ1n) is 6.39. The van der Waals surface area contributed by atoms with Crippen LogP contribution in [0.15, 0.2) is 66.9 Å². The Hall–Kier alpha value is -2.68. The fourth-order valence-electron chi connectivity index (χ4n) is 1.99. The third-order valence-corrected chi connectivity index (χ3v) is 3.05. The maximum atomic E-state index is 12.0. The van der Waals surface area contributed by atoms with Crippen LogP contribution in [0.1, 0.15) is 16.1 Å². The molecule has 0 unspecified atom stereocenters. The molecule has 0 bridgehead atoms. The average molecular weight is 263 g/mol. The Balaban J connectivity index is 1.75. The first kappa shape index (κ1) is 12.4. The molecule has 3 heteroatoms. The Kier molecular flexibility index (Phi) is 3.42. The number of aromatic nitrogens is 1. The molecule has 1 heterocycles. The van der Waals surface area contributed by atoms with Gasteiger partial charge in [-0.2, -0.15) is 0 Å². The molecule has 0 fully saturated rings. The first-order chi connectivity index (χ1) is 9.83. The highest BCUT2D eigenvalue weighted by Gasteiger charge is 2.09. The van der Waals surface area contributed by atoms with Crippen molar-refractivity contribution < 1.29 is 9.53 Å². The number of esters is 1. The number of rotatable bonds is 3. The first-order valence-corrected chi connectivity index (χ1v) is 6.39. The summed E-state index contributed by atoms with van der Waals surface area (Å²) in [6.45, 7) is 0.258. The van der Waals surface area contributed by atoms with Gasteiger partial charge in [-0.25, -0.2) is 9.78 Å². The number of carbonyl (C=O) groups excluding carboxylic acids is 1. The molecular weight excluding hydrogens is 250 g/mol. The second kappa shape index (κ2) is 5.53. The van der Waals surface area contributed by atoms with Gasteiger partial charge in [-0.15, -0.1) is 0 Å². The van der Waals surface area contributed by atoms with Gasteiger partial charge in [0.05, 0.1) is 0 Å². The molecule has 3 rings (SSSR count). The molecule has 0 saturated heterocycles. The van der Waals surface area contributed by atoms with E-state index in [1.165, 1.54) is 0 Å². The molecule has 0 radical (unpaired) electrons. The predicted octanol–water partition coefficient (Wildman–Crippen LogP) is 3.59. The molecular formula is C17H13NO2. The largest absolute Gasteiger partial charge is 0.456 e. The molecule has 0 N–H and O–H groups in total. The summed E-state index contributed by atoms with van der Waals surface area (Å²) in [5.74, 6) is -0.403. The minimum absolute atomic E-state index is 0.258. The molecule has 0 spiro atoms. The van der Waals surface area contributed by atoms with Crippen molar-refractivity contribution in [2.45, 2.75) is 6.61 Å². The van der Waals surface area contributed by atoms with Gasteiger partial charge < -0.3 is 4.74 Å². The summed E-state index contributed by atoms with van der Waals surface area (Å²) in [7, 11) is 0. The van der Waals surface area contributed by atoms with Gasteiger partial charge in [-0.05, 0) is 17.0 Å². The summed E-state index contributed by atoms with van der Waals surface area (Å²) in [4.78, 5) is 16.1. The summed E-state index contributed by atoms with van der Waals surface area (Å²) in [6, 6.07) is 19.1. The summed E-state index contributed by atoms with van der Waals surface area (Å²) in [5.41, 5.74) is 1.29. The van der Waals surface area contributed by atoms with Crippen LogP contribution in [0.4, 0.5) is 0 Å². The minimum Gasteiger partial charge on any atom is -0.456 e. The molecule has 0 aliphatic heterocycles. The van der Waals surface area contributed by atoms with Gasteiger partial charge in [0.2, 0.25) is 0 Å². The second-order valence-corrected chi connectivity index (χ2v) is 4.48. The monoisotopic (exact) mass is 263 g/mol. The Morgan fingerprint density at radius 3 is 2.45 bits per heavy atom. The summed E-state index contributed by atoms with van der Waals surface area (Å²) >= 11 is 0. The summed E-state index contributed by atoms with van der Waals surface area (Å²) in [5, 5.41) is 1.99. The molecule has 3 nitrogen and oxygen atoms in total. The van der Waals surface area contributed by atoms with E-state index in [2.05, 4.69) is 4.98 Å². The van der Waals surface area contributed by atoms with Gasteiger partial charge in [-0.3, -0.25) is 0 Å². The molecule has 1 aromatic heterocycles. The molecule has 2 aromatic carbocycles. The van der Waals surface area contributed by atoms with Crippen molar-refractivity contribution in [1.82, 2.24) is 4.98 Å². The number of pyridine rings is 1. The van der Waals surface area contributed by atoms with E-state index in [1.807, 2.05) is 54.6 Å². The highest BCUT2D eigenvalue weighted by atomic mass is 16.5. The van der Waals surface area contributed by atoms with Crippen LogP contribution in [0.25, 0.3) is 10.8 Å². The summed E-state index contributed by atoms with van der Waals surface area (Å²) < 4.78 is 5.26. The van der Waals surface area contributed by atoms with E-state index in [0.29, 0.717) is 5.69 Å². The Morgan fingerprint density at radius 1 is 0.950 bits per heavy atom. The zero-order chi connectivity index (χ0) is 13.8. The van der Waals surface area contributed by atoms with Crippen molar-refractivity contribution in [3.8, 4) is 0 Å². The Labute approximate surface area is 116 Å². The topological polar surface area (TPSA) is 39.2 Å². The van der Waals surface area contributed by atoms with E-state index in [9.17, 15) is 4.79 Å². The SMILES string of the molecule is O=C(OCc1ccccc1)c1cc2ccccc2cn1. The zero-order valence-corrected chi connectivity index (χ0v) is 10.8. The van der Waals surface area contributed by atoms with Crippen LogP contribution in [0.2, 0.25) is 0 Å². The van der Waals surface area contributed by atoms with Crippen molar-refractivity contribution >= 4 is 16.7 Å². The van der Waals surface area contributed by atoms with Crippen molar-refractivity contribution in [2.24, 2.45) is 0 Å². The normalized spacial score (nSPS) is 10.4. The number of nitrogens with zero attached hydrogens (tertiary/aromatic N) is 1. The van der Waals surface area contributed by atoms with Gasteiger partial charge in [-0.1, -0.05) is 54.6 Å². The number of hydrogen-bond acceptors (Lipinski definition) is 3.